The zero-order valence-corrected chi connectivity index (χ0v) is 13.3. The SMILES string of the molecule is Cc1ncc(S(C)(=O)=O)c(N2CC[C@@]3(CNC(=O)CO3)C2)n1. The third-order valence-electron chi connectivity index (χ3n) is 3.99. The van der Waals surface area contributed by atoms with Crippen molar-refractivity contribution >= 4 is 21.6 Å². The molecule has 1 atom stereocenters. The Morgan fingerprint density at radius 1 is 1.45 bits per heavy atom. The molecule has 120 valence electrons. The summed E-state index contributed by atoms with van der Waals surface area (Å²) >= 11 is 0. The van der Waals surface area contributed by atoms with Gasteiger partial charge >= 0.3 is 0 Å². The normalized spacial score (nSPS) is 25.5. The Hall–Kier alpha value is -1.74. The van der Waals surface area contributed by atoms with E-state index in [0.717, 1.165) is 6.26 Å². The van der Waals surface area contributed by atoms with E-state index in [1.807, 2.05) is 4.90 Å². The molecule has 8 nitrogen and oxygen atoms in total. The fourth-order valence-corrected chi connectivity index (χ4v) is 3.55. The van der Waals surface area contributed by atoms with E-state index in [0.29, 0.717) is 37.7 Å². The molecule has 1 aromatic rings. The van der Waals surface area contributed by atoms with E-state index >= 15 is 0 Å². The van der Waals surface area contributed by atoms with Crippen LogP contribution in [0.2, 0.25) is 0 Å². The smallest absolute Gasteiger partial charge is 0.246 e. The highest BCUT2D eigenvalue weighted by molar-refractivity contribution is 7.90. The molecule has 0 radical (unpaired) electrons. The average molecular weight is 326 g/mol. The number of sulfone groups is 1. The number of aromatic nitrogens is 2. The van der Waals surface area contributed by atoms with Crippen LogP contribution in [0.1, 0.15) is 12.2 Å². The summed E-state index contributed by atoms with van der Waals surface area (Å²) in [6.07, 6.45) is 3.20. The number of carbonyl (C=O) groups is 1. The van der Waals surface area contributed by atoms with Crippen molar-refractivity contribution in [2.24, 2.45) is 0 Å². The molecule has 2 aliphatic rings. The van der Waals surface area contributed by atoms with E-state index in [9.17, 15) is 13.2 Å². The van der Waals surface area contributed by atoms with Gasteiger partial charge in [0.15, 0.2) is 15.7 Å². The number of nitrogens with one attached hydrogen (secondary N) is 1. The van der Waals surface area contributed by atoms with Crippen molar-refractivity contribution in [3.63, 3.8) is 0 Å². The average Bonchev–Trinajstić information content (AvgIpc) is 2.85. The predicted octanol–water partition coefficient (Wildman–Crippen LogP) is -0.716. The van der Waals surface area contributed by atoms with Gasteiger partial charge in [-0.05, 0) is 13.3 Å². The molecule has 3 heterocycles. The van der Waals surface area contributed by atoms with Crippen LogP contribution in [0.15, 0.2) is 11.1 Å². The van der Waals surface area contributed by atoms with Gasteiger partial charge in [-0.25, -0.2) is 18.4 Å². The Labute approximate surface area is 128 Å². The Morgan fingerprint density at radius 2 is 2.23 bits per heavy atom. The number of amides is 1. The number of nitrogens with zero attached hydrogens (tertiary/aromatic N) is 3. The molecule has 2 aliphatic heterocycles. The van der Waals surface area contributed by atoms with Crippen LogP contribution in [0, 0.1) is 6.92 Å². The molecule has 0 saturated carbocycles. The van der Waals surface area contributed by atoms with Gasteiger partial charge < -0.3 is 15.0 Å². The van der Waals surface area contributed by atoms with Gasteiger partial charge in [-0.15, -0.1) is 0 Å². The summed E-state index contributed by atoms with van der Waals surface area (Å²) in [4.78, 5) is 21.5. The number of anilines is 1. The first kappa shape index (κ1) is 15.2. The van der Waals surface area contributed by atoms with E-state index in [-0.39, 0.29) is 17.4 Å². The van der Waals surface area contributed by atoms with Crippen LogP contribution in [0.3, 0.4) is 0 Å². The summed E-state index contributed by atoms with van der Waals surface area (Å²) in [5, 5.41) is 2.80. The highest BCUT2D eigenvalue weighted by Crippen LogP contribution is 2.32. The second-order valence-electron chi connectivity index (χ2n) is 5.80. The molecule has 0 aliphatic carbocycles. The maximum atomic E-state index is 11.9. The molecule has 2 fully saturated rings. The van der Waals surface area contributed by atoms with Crippen molar-refractivity contribution in [2.75, 3.05) is 37.4 Å². The van der Waals surface area contributed by atoms with Crippen LogP contribution < -0.4 is 10.2 Å². The number of ether oxygens (including phenoxy) is 1. The minimum atomic E-state index is -3.42. The molecule has 1 aromatic heterocycles. The quantitative estimate of drug-likeness (QED) is 0.765. The van der Waals surface area contributed by atoms with Crippen LogP contribution >= 0.6 is 0 Å². The topological polar surface area (TPSA) is 101 Å². The van der Waals surface area contributed by atoms with Gasteiger partial charge in [0.1, 0.15) is 22.9 Å². The summed E-state index contributed by atoms with van der Waals surface area (Å²) in [7, 11) is -3.42. The van der Waals surface area contributed by atoms with E-state index in [2.05, 4.69) is 15.3 Å². The summed E-state index contributed by atoms with van der Waals surface area (Å²) < 4.78 is 29.6. The van der Waals surface area contributed by atoms with Crippen molar-refractivity contribution in [3.8, 4) is 0 Å². The Bertz CT molecular complexity index is 709. The Morgan fingerprint density at radius 3 is 2.86 bits per heavy atom. The Balaban J connectivity index is 1.90. The molecule has 9 heteroatoms. The zero-order chi connectivity index (χ0) is 16.0. The lowest BCUT2D eigenvalue weighted by atomic mass is 10.0. The molecular formula is C13H18N4O4S. The van der Waals surface area contributed by atoms with E-state index < -0.39 is 15.4 Å². The second kappa shape index (κ2) is 5.17. The van der Waals surface area contributed by atoms with Crippen molar-refractivity contribution in [3.05, 3.63) is 12.0 Å². The minimum absolute atomic E-state index is 0.0373. The molecule has 1 N–H and O–H groups in total. The number of rotatable bonds is 2. The largest absolute Gasteiger partial charge is 0.361 e. The zero-order valence-electron chi connectivity index (χ0n) is 12.5. The number of carbonyl (C=O) groups excluding carboxylic acids is 1. The van der Waals surface area contributed by atoms with Crippen molar-refractivity contribution in [2.45, 2.75) is 23.8 Å². The highest BCUT2D eigenvalue weighted by atomic mass is 32.2. The van der Waals surface area contributed by atoms with Gasteiger partial charge in [0.2, 0.25) is 5.91 Å². The van der Waals surface area contributed by atoms with Crippen LogP contribution in [0.5, 0.6) is 0 Å². The monoisotopic (exact) mass is 326 g/mol. The van der Waals surface area contributed by atoms with Gasteiger partial charge in [-0.1, -0.05) is 0 Å². The molecule has 1 amide bonds. The summed E-state index contributed by atoms with van der Waals surface area (Å²) in [6.45, 7) is 3.30. The van der Waals surface area contributed by atoms with Crippen molar-refractivity contribution in [1.29, 1.82) is 0 Å². The fraction of sp³-hybridized carbons (Fsp3) is 0.615. The molecular weight excluding hydrogens is 308 g/mol. The first-order valence-corrected chi connectivity index (χ1v) is 8.88. The van der Waals surface area contributed by atoms with Crippen LogP contribution in [-0.4, -0.2) is 62.4 Å². The van der Waals surface area contributed by atoms with Gasteiger partial charge in [-0.2, -0.15) is 0 Å². The van der Waals surface area contributed by atoms with Gasteiger partial charge in [0.05, 0.1) is 12.7 Å². The first-order valence-electron chi connectivity index (χ1n) is 6.98. The predicted molar refractivity (Wildman–Crippen MR) is 78.4 cm³/mol. The minimum Gasteiger partial charge on any atom is -0.361 e. The van der Waals surface area contributed by atoms with Crippen molar-refractivity contribution in [1.82, 2.24) is 15.3 Å². The summed E-state index contributed by atoms with van der Waals surface area (Å²) in [5.74, 6) is 0.798. The number of hydrogen-bond acceptors (Lipinski definition) is 7. The third-order valence-corrected chi connectivity index (χ3v) is 5.08. The molecule has 1 spiro atoms. The maximum absolute atomic E-state index is 11.9. The summed E-state index contributed by atoms with van der Waals surface area (Å²) in [6, 6.07) is 0. The molecule has 3 rings (SSSR count). The standard InChI is InChI=1S/C13H18N4O4S/c1-9-14-5-10(22(2,19)20)12(16-9)17-4-3-13(8-17)7-15-11(18)6-21-13/h5H,3-4,6-8H2,1-2H3,(H,15,18)/t13-/m1/s1. The molecule has 0 aromatic carbocycles. The lowest BCUT2D eigenvalue weighted by molar-refractivity contribution is -0.141. The maximum Gasteiger partial charge on any atom is 0.246 e. The number of morpholine rings is 1. The van der Waals surface area contributed by atoms with Crippen LogP contribution in [-0.2, 0) is 19.4 Å². The summed E-state index contributed by atoms with van der Waals surface area (Å²) in [5.41, 5.74) is -0.471. The molecule has 22 heavy (non-hydrogen) atoms. The van der Waals surface area contributed by atoms with E-state index in [1.54, 1.807) is 6.92 Å². The first-order chi connectivity index (χ1) is 10.3. The van der Waals surface area contributed by atoms with Gasteiger partial charge in [-0.3, -0.25) is 4.79 Å². The highest BCUT2D eigenvalue weighted by Gasteiger charge is 2.43. The van der Waals surface area contributed by atoms with Gasteiger partial charge in [0.25, 0.3) is 0 Å². The van der Waals surface area contributed by atoms with E-state index in [1.165, 1.54) is 6.20 Å². The Kier molecular flexibility index (Phi) is 3.56. The molecule has 2 saturated heterocycles. The lowest BCUT2D eigenvalue weighted by Crippen LogP contribution is -2.54. The van der Waals surface area contributed by atoms with Crippen molar-refractivity contribution < 1.29 is 17.9 Å². The third kappa shape index (κ3) is 2.78. The number of hydrogen-bond donors (Lipinski definition) is 1. The van der Waals surface area contributed by atoms with Gasteiger partial charge in [0, 0.05) is 19.3 Å². The van der Waals surface area contributed by atoms with Crippen LogP contribution in [0.25, 0.3) is 0 Å². The van der Waals surface area contributed by atoms with E-state index in [4.69, 9.17) is 4.74 Å². The second-order valence-corrected chi connectivity index (χ2v) is 7.78. The number of aryl methyl sites for hydroxylation is 1. The molecule has 0 unspecified atom stereocenters. The fourth-order valence-electron chi connectivity index (χ4n) is 2.80. The lowest BCUT2D eigenvalue weighted by Gasteiger charge is -2.33. The molecule has 0 bridgehead atoms. The van der Waals surface area contributed by atoms with Crippen LogP contribution in [0.4, 0.5) is 5.82 Å².